The molecule has 12 aromatic carbocycles. The molecule has 0 saturated heterocycles. The quantitative estimate of drug-likeness (QED) is 0.146. The smallest absolute Gasteiger partial charge is 0.0159 e. The Kier molecular flexibility index (Phi) is 8.98. The Balaban J connectivity index is 1.02. The fourth-order valence-corrected chi connectivity index (χ4v) is 11.5. The van der Waals surface area contributed by atoms with Crippen LogP contribution in [0.5, 0.6) is 0 Å². The van der Waals surface area contributed by atoms with Crippen LogP contribution in [0.25, 0.3) is 121 Å². The van der Waals surface area contributed by atoms with E-state index in [4.69, 9.17) is 0 Å². The molecule has 12 aromatic rings. The average Bonchev–Trinajstić information content (AvgIpc) is 3.62. The molecule has 314 valence electrons. The number of hydrogen-bond acceptors (Lipinski definition) is 0. The third kappa shape index (κ3) is 6.21. The van der Waals surface area contributed by atoms with E-state index >= 15 is 0 Å². The topological polar surface area (TPSA) is 0 Å². The Morgan fingerprint density at radius 2 is 0.537 bits per heavy atom. The van der Waals surface area contributed by atoms with Gasteiger partial charge < -0.3 is 0 Å². The van der Waals surface area contributed by atoms with E-state index < -0.39 is 0 Å². The van der Waals surface area contributed by atoms with Gasteiger partial charge in [0.2, 0.25) is 0 Å². The predicted molar refractivity (Wildman–Crippen MR) is 287 cm³/mol. The minimum atomic E-state index is -0.0812. The zero-order valence-electron chi connectivity index (χ0n) is 37.6. The van der Waals surface area contributed by atoms with E-state index in [1.54, 1.807) is 0 Å². The van der Waals surface area contributed by atoms with Gasteiger partial charge in [0.15, 0.2) is 0 Å². The molecule has 0 atom stereocenters. The Labute approximate surface area is 392 Å². The van der Waals surface area contributed by atoms with Crippen molar-refractivity contribution in [2.75, 3.05) is 0 Å². The van der Waals surface area contributed by atoms with Crippen LogP contribution in [0.4, 0.5) is 0 Å². The summed E-state index contributed by atoms with van der Waals surface area (Å²) in [4.78, 5) is 0. The molecule has 0 spiro atoms. The summed E-state index contributed by atoms with van der Waals surface area (Å²) in [6.07, 6.45) is 0. The maximum Gasteiger partial charge on any atom is 0.0159 e. The van der Waals surface area contributed by atoms with Crippen LogP contribution in [0, 0.1) is 0 Å². The SMILES string of the molecule is CC1(C)c2ccccc2-c2ccc(-c3c4ccccc4c(-c4ccc(-c5c6ccc(-c7ccccc7)cc6c(-c6ccccc6)c6cc(-c7ccccc7)ccc56)cc4)c4ccccc34)cc21. The third-order valence-electron chi connectivity index (χ3n) is 14.7. The van der Waals surface area contributed by atoms with Crippen LogP contribution >= 0.6 is 0 Å². The molecule has 0 unspecified atom stereocenters. The first-order chi connectivity index (χ1) is 33.0. The normalized spacial score (nSPS) is 12.7. The van der Waals surface area contributed by atoms with Crippen molar-refractivity contribution < 1.29 is 0 Å². The lowest BCUT2D eigenvalue weighted by atomic mass is 9.80. The van der Waals surface area contributed by atoms with Crippen molar-refractivity contribution >= 4 is 43.1 Å². The van der Waals surface area contributed by atoms with Crippen molar-refractivity contribution in [1.29, 1.82) is 0 Å². The Hall–Kier alpha value is -8.32. The van der Waals surface area contributed by atoms with Gasteiger partial charge in [0, 0.05) is 5.41 Å². The van der Waals surface area contributed by atoms with E-state index in [-0.39, 0.29) is 5.41 Å². The first kappa shape index (κ1) is 39.1. The summed E-state index contributed by atoms with van der Waals surface area (Å²) in [5, 5.41) is 10.0. The number of benzene rings is 12. The molecular weight excluding hydrogens is 805 g/mol. The minimum Gasteiger partial charge on any atom is -0.0622 e. The Bertz CT molecular complexity index is 3740. The van der Waals surface area contributed by atoms with Gasteiger partial charge in [-0.1, -0.05) is 238 Å². The molecule has 0 heteroatoms. The lowest BCUT2D eigenvalue weighted by molar-refractivity contribution is 0.660. The molecular formula is C67H46. The molecule has 0 fully saturated rings. The van der Waals surface area contributed by atoms with Crippen LogP contribution in [-0.2, 0) is 5.41 Å². The molecule has 13 rings (SSSR count). The van der Waals surface area contributed by atoms with Gasteiger partial charge >= 0.3 is 0 Å². The van der Waals surface area contributed by atoms with Gasteiger partial charge in [-0.15, -0.1) is 0 Å². The van der Waals surface area contributed by atoms with Gasteiger partial charge in [-0.25, -0.2) is 0 Å². The monoisotopic (exact) mass is 850 g/mol. The van der Waals surface area contributed by atoms with Crippen LogP contribution in [0.3, 0.4) is 0 Å². The molecule has 0 nitrogen and oxygen atoms in total. The molecule has 0 N–H and O–H groups in total. The predicted octanol–water partition coefficient (Wildman–Crippen LogP) is 18.6. The minimum absolute atomic E-state index is 0.0812. The highest BCUT2D eigenvalue weighted by molar-refractivity contribution is 6.24. The number of fused-ring (bicyclic) bond motifs is 7. The lowest BCUT2D eigenvalue weighted by Gasteiger charge is -2.23. The van der Waals surface area contributed by atoms with Gasteiger partial charge in [-0.05, 0) is 150 Å². The van der Waals surface area contributed by atoms with E-state index in [1.165, 1.54) is 132 Å². The zero-order valence-corrected chi connectivity index (χ0v) is 37.6. The number of hydrogen-bond donors (Lipinski definition) is 0. The van der Waals surface area contributed by atoms with E-state index in [1.807, 2.05) is 0 Å². The van der Waals surface area contributed by atoms with Crippen molar-refractivity contribution in [3.8, 4) is 77.9 Å². The van der Waals surface area contributed by atoms with Crippen LogP contribution in [0.2, 0.25) is 0 Å². The molecule has 67 heavy (non-hydrogen) atoms. The molecule has 1 aliphatic rings. The molecule has 0 bridgehead atoms. The molecule has 0 aliphatic heterocycles. The summed E-state index contributed by atoms with van der Waals surface area (Å²) >= 11 is 0. The van der Waals surface area contributed by atoms with Gasteiger partial charge in [-0.2, -0.15) is 0 Å². The van der Waals surface area contributed by atoms with Crippen molar-refractivity contribution in [2.24, 2.45) is 0 Å². The van der Waals surface area contributed by atoms with Gasteiger partial charge in [0.1, 0.15) is 0 Å². The van der Waals surface area contributed by atoms with Gasteiger partial charge in [0.25, 0.3) is 0 Å². The maximum absolute atomic E-state index is 2.47. The fourth-order valence-electron chi connectivity index (χ4n) is 11.5. The van der Waals surface area contributed by atoms with E-state index in [0.29, 0.717) is 0 Å². The van der Waals surface area contributed by atoms with Gasteiger partial charge in [0.05, 0.1) is 0 Å². The van der Waals surface area contributed by atoms with Crippen molar-refractivity contribution in [3.63, 3.8) is 0 Å². The largest absolute Gasteiger partial charge is 0.0622 e. The summed E-state index contributed by atoms with van der Waals surface area (Å²) in [5.74, 6) is 0. The maximum atomic E-state index is 2.47. The van der Waals surface area contributed by atoms with Gasteiger partial charge in [-0.3, -0.25) is 0 Å². The third-order valence-corrected chi connectivity index (χ3v) is 14.7. The van der Waals surface area contributed by atoms with Crippen LogP contribution in [0.1, 0.15) is 25.0 Å². The second-order valence-corrected chi connectivity index (χ2v) is 18.7. The molecule has 0 aromatic heterocycles. The fraction of sp³-hybridized carbons (Fsp3) is 0.0448. The highest BCUT2D eigenvalue weighted by Gasteiger charge is 2.35. The molecule has 1 aliphatic carbocycles. The summed E-state index contributed by atoms with van der Waals surface area (Å²) in [6.45, 7) is 4.75. The standard InChI is InChI=1S/C67H46/c1-67(2)61-29-17-16-24-51(61)52-37-36-50(42-62(52)67)66-55-27-14-12-25-53(55)63(54-26-13-15-28-56(54)66)46-30-32-47(33-31-46)64-57-38-34-48(43-18-6-3-7-19-43)40-59(57)65(45-22-10-5-11-23-45)60-41-49(35-39-58(60)64)44-20-8-4-9-21-44/h3-42H,1-2H3. The Morgan fingerprint density at radius 3 is 1.03 bits per heavy atom. The van der Waals surface area contributed by atoms with E-state index in [9.17, 15) is 0 Å². The molecule has 0 saturated carbocycles. The molecule has 0 amide bonds. The second-order valence-electron chi connectivity index (χ2n) is 18.7. The van der Waals surface area contributed by atoms with Crippen LogP contribution < -0.4 is 0 Å². The molecule has 0 radical (unpaired) electrons. The van der Waals surface area contributed by atoms with E-state index in [2.05, 4.69) is 257 Å². The van der Waals surface area contributed by atoms with Crippen molar-refractivity contribution in [1.82, 2.24) is 0 Å². The highest BCUT2D eigenvalue weighted by atomic mass is 14.4. The summed E-state index contributed by atoms with van der Waals surface area (Å²) in [6, 6.07) is 90.3. The van der Waals surface area contributed by atoms with Crippen LogP contribution in [-0.4, -0.2) is 0 Å². The van der Waals surface area contributed by atoms with E-state index in [0.717, 1.165) is 0 Å². The first-order valence-corrected chi connectivity index (χ1v) is 23.5. The first-order valence-electron chi connectivity index (χ1n) is 23.5. The zero-order chi connectivity index (χ0) is 44.6. The summed E-state index contributed by atoms with van der Waals surface area (Å²) < 4.78 is 0. The highest BCUT2D eigenvalue weighted by Crippen LogP contribution is 2.52. The second kappa shape index (κ2) is 15.4. The van der Waals surface area contributed by atoms with Crippen molar-refractivity contribution in [2.45, 2.75) is 19.3 Å². The van der Waals surface area contributed by atoms with Crippen LogP contribution in [0.15, 0.2) is 243 Å². The summed E-state index contributed by atoms with van der Waals surface area (Å²) in [5.41, 5.74) is 20.2. The Morgan fingerprint density at radius 1 is 0.209 bits per heavy atom. The molecule has 0 heterocycles. The van der Waals surface area contributed by atoms with Crippen molar-refractivity contribution in [3.05, 3.63) is 254 Å². The lowest BCUT2D eigenvalue weighted by Crippen LogP contribution is -2.14. The average molecular weight is 851 g/mol. The number of rotatable bonds is 6. The summed E-state index contributed by atoms with van der Waals surface area (Å²) in [7, 11) is 0.